The first-order valence-corrected chi connectivity index (χ1v) is 3.63. The van der Waals surface area contributed by atoms with E-state index in [0.29, 0.717) is 11.4 Å². The van der Waals surface area contributed by atoms with Gasteiger partial charge in [-0.1, -0.05) is 12.2 Å². The monoisotopic (exact) mass is 184 g/mol. The van der Waals surface area contributed by atoms with E-state index in [1.54, 1.807) is 0 Å². The molecule has 0 saturated heterocycles. The van der Waals surface area contributed by atoms with E-state index in [-0.39, 0.29) is 10.9 Å². The fourth-order valence-electron chi connectivity index (χ4n) is 0.744. The van der Waals surface area contributed by atoms with Gasteiger partial charge in [-0.05, 0) is 0 Å². The number of aromatic amines is 1. The summed E-state index contributed by atoms with van der Waals surface area (Å²) in [5, 5.41) is 8.77. The van der Waals surface area contributed by atoms with Gasteiger partial charge in [0, 0.05) is 6.92 Å². The van der Waals surface area contributed by atoms with Crippen LogP contribution >= 0.6 is 12.2 Å². The molecule has 0 radical (unpaired) electrons. The Bertz CT molecular complexity index is 319. The summed E-state index contributed by atoms with van der Waals surface area (Å²) in [4.78, 5) is 10.8. The second-order valence-electron chi connectivity index (χ2n) is 2.20. The average molecular weight is 184 g/mol. The molecule has 0 saturated carbocycles. The molecule has 12 heavy (non-hydrogen) atoms. The van der Waals surface area contributed by atoms with Gasteiger partial charge in [0.25, 0.3) is 0 Å². The van der Waals surface area contributed by atoms with E-state index in [1.807, 2.05) is 0 Å². The molecule has 1 aromatic heterocycles. The summed E-state index contributed by atoms with van der Waals surface area (Å²) in [6, 6.07) is 0. The van der Waals surface area contributed by atoms with Gasteiger partial charge >= 0.3 is 0 Å². The predicted octanol–water partition coefficient (Wildman–Crippen LogP) is 0.00230. The van der Waals surface area contributed by atoms with Crippen LogP contribution in [0.5, 0.6) is 0 Å². The number of nitrogens with zero attached hydrogens (tertiary/aromatic N) is 1. The Hall–Kier alpha value is -1.43. The van der Waals surface area contributed by atoms with Crippen molar-refractivity contribution in [3.8, 4) is 0 Å². The zero-order chi connectivity index (χ0) is 9.14. The van der Waals surface area contributed by atoms with Gasteiger partial charge in [-0.3, -0.25) is 9.89 Å². The molecule has 0 bridgehead atoms. The molecule has 1 heterocycles. The Labute approximate surface area is 74.3 Å². The van der Waals surface area contributed by atoms with Crippen molar-refractivity contribution in [2.45, 2.75) is 6.92 Å². The lowest BCUT2D eigenvalue weighted by atomic mass is 10.3. The number of carbonyl (C=O) groups is 1. The van der Waals surface area contributed by atoms with E-state index >= 15 is 0 Å². The van der Waals surface area contributed by atoms with Gasteiger partial charge in [0.1, 0.15) is 10.8 Å². The molecule has 1 rings (SSSR count). The molecule has 0 atom stereocenters. The summed E-state index contributed by atoms with van der Waals surface area (Å²) >= 11 is 4.72. The first-order chi connectivity index (χ1) is 5.61. The molecule has 6 heteroatoms. The predicted molar refractivity (Wildman–Crippen MR) is 48.8 cm³/mol. The second-order valence-corrected chi connectivity index (χ2v) is 2.64. The smallest absolute Gasteiger partial charge is 0.222 e. The average Bonchev–Trinajstić information content (AvgIpc) is 2.33. The third-order valence-electron chi connectivity index (χ3n) is 1.21. The highest BCUT2D eigenvalue weighted by molar-refractivity contribution is 7.80. The van der Waals surface area contributed by atoms with Crippen LogP contribution in [0.1, 0.15) is 12.5 Å². The van der Waals surface area contributed by atoms with E-state index in [0.717, 1.165) is 0 Å². The van der Waals surface area contributed by atoms with E-state index in [2.05, 4.69) is 15.5 Å². The minimum Gasteiger partial charge on any atom is -0.389 e. The maximum absolute atomic E-state index is 10.6. The van der Waals surface area contributed by atoms with Crippen molar-refractivity contribution in [1.82, 2.24) is 10.2 Å². The van der Waals surface area contributed by atoms with Gasteiger partial charge in [-0.15, -0.1) is 0 Å². The summed E-state index contributed by atoms with van der Waals surface area (Å²) in [6.07, 6.45) is 1.47. The number of thiocarbonyl (C=S) groups is 1. The zero-order valence-corrected chi connectivity index (χ0v) is 7.23. The van der Waals surface area contributed by atoms with Gasteiger partial charge in [0.2, 0.25) is 5.91 Å². The van der Waals surface area contributed by atoms with Gasteiger partial charge in [0.05, 0.1) is 11.8 Å². The maximum atomic E-state index is 10.6. The number of H-pyrrole nitrogens is 1. The van der Waals surface area contributed by atoms with Crippen molar-refractivity contribution in [2.75, 3.05) is 5.32 Å². The Morgan fingerprint density at radius 1 is 1.83 bits per heavy atom. The van der Waals surface area contributed by atoms with Crippen molar-refractivity contribution in [2.24, 2.45) is 5.73 Å². The van der Waals surface area contributed by atoms with E-state index < -0.39 is 0 Å². The number of hydrogen-bond donors (Lipinski definition) is 3. The highest BCUT2D eigenvalue weighted by Gasteiger charge is 2.07. The first-order valence-electron chi connectivity index (χ1n) is 3.22. The number of aromatic nitrogens is 2. The molecule has 0 spiro atoms. The molecule has 5 nitrogen and oxygen atoms in total. The topological polar surface area (TPSA) is 83.8 Å². The van der Waals surface area contributed by atoms with Crippen LogP contribution in [0, 0.1) is 0 Å². The minimum absolute atomic E-state index is 0.197. The molecule has 1 aromatic rings. The minimum atomic E-state index is -0.197. The quantitative estimate of drug-likeness (QED) is 0.565. The van der Waals surface area contributed by atoms with Crippen molar-refractivity contribution >= 4 is 28.9 Å². The van der Waals surface area contributed by atoms with Gasteiger partial charge in [0.15, 0.2) is 0 Å². The number of nitrogens with two attached hydrogens (primary N) is 1. The molecule has 0 aliphatic carbocycles. The molecule has 0 unspecified atom stereocenters. The van der Waals surface area contributed by atoms with E-state index in [1.165, 1.54) is 13.1 Å². The van der Waals surface area contributed by atoms with Crippen molar-refractivity contribution in [1.29, 1.82) is 0 Å². The number of anilines is 1. The third kappa shape index (κ3) is 1.79. The Kier molecular flexibility index (Phi) is 2.39. The highest BCUT2D eigenvalue weighted by atomic mass is 32.1. The zero-order valence-electron chi connectivity index (χ0n) is 6.42. The van der Waals surface area contributed by atoms with E-state index in [4.69, 9.17) is 18.0 Å². The normalized spacial score (nSPS) is 9.42. The van der Waals surface area contributed by atoms with Crippen LogP contribution in [0.15, 0.2) is 6.20 Å². The molecule has 0 aromatic carbocycles. The fraction of sp³-hybridized carbons (Fsp3) is 0.167. The van der Waals surface area contributed by atoms with Crippen molar-refractivity contribution < 1.29 is 4.79 Å². The van der Waals surface area contributed by atoms with Gasteiger partial charge in [-0.25, -0.2) is 0 Å². The summed E-state index contributed by atoms with van der Waals surface area (Å²) in [5.41, 5.74) is 5.90. The van der Waals surface area contributed by atoms with Crippen LogP contribution in [0.25, 0.3) is 0 Å². The molecule has 64 valence electrons. The fourth-order valence-corrected chi connectivity index (χ4v) is 0.899. The van der Waals surface area contributed by atoms with Crippen LogP contribution in [-0.4, -0.2) is 21.1 Å². The number of amides is 1. The van der Waals surface area contributed by atoms with Gasteiger partial charge < -0.3 is 11.1 Å². The summed E-state index contributed by atoms with van der Waals surface area (Å²) in [7, 11) is 0. The largest absolute Gasteiger partial charge is 0.389 e. The molecular weight excluding hydrogens is 176 g/mol. The van der Waals surface area contributed by atoms with E-state index in [9.17, 15) is 4.79 Å². The number of hydrogen-bond acceptors (Lipinski definition) is 3. The molecular formula is C6H8N4OS. The lowest BCUT2D eigenvalue weighted by molar-refractivity contribution is -0.114. The van der Waals surface area contributed by atoms with Crippen molar-refractivity contribution in [3.05, 3.63) is 11.8 Å². The lowest BCUT2D eigenvalue weighted by Crippen LogP contribution is -2.14. The first kappa shape index (κ1) is 8.66. The summed E-state index contributed by atoms with van der Waals surface area (Å²) < 4.78 is 0. The van der Waals surface area contributed by atoms with Crippen LogP contribution in [-0.2, 0) is 4.79 Å². The molecule has 4 N–H and O–H groups in total. The lowest BCUT2D eigenvalue weighted by Gasteiger charge is -1.99. The third-order valence-corrected chi connectivity index (χ3v) is 1.43. The van der Waals surface area contributed by atoms with Crippen LogP contribution < -0.4 is 11.1 Å². The Balaban J connectivity index is 2.91. The number of nitrogens with one attached hydrogen (secondary N) is 2. The number of carbonyl (C=O) groups excluding carboxylic acids is 1. The molecule has 0 fully saturated rings. The Morgan fingerprint density at radius 3 is 3.00 bits per heavy atom. The van der Waals surface area contributed by atoms with Gasteiger partial charge in [-0.2, -0.15) is 5.10 Å². The highest BCUT2D eigenvalue weighted by Crippen LogP contribution is 2.09. The Morgan fingerprint density at radius 2 is 2.50 bits per heavy atom. The maximum Gasteiger partial charge on any atom is 0.222 e. The molecule has 0 aliphatic heterocycles. The molecule has 1 amide bonds. The van der Waals surface area contributed by atoms with Crippen LogP contribution in [0.2, 0.25) is 0 Å². The number of rotatable bonds is 2. The summed E-state index contributed by atoms with van der Waals surface area (Å²) in [5.74, 6) is 0.242. The standard InChI is InChI=1S/C6H8N4OS/c1-3(11)9-6-4(5(7)12)2-8-10-6/h2H,1H3,(H2,7,12)(H2,8,9,10,11). The SMILES string of the molecule is CC(=O)Nc1[nH]ncc1C(N)=S. The molecule has 0 aliphatic rings. The van der Waals surface area contributed by atoms with Crippen LogP contribution in [0.4, 0.5) is 5.82 Å². The summed E-state index contributed by atoms with van der Waals surface area (Å²) in [6.45, 7) is 1.39. The second kappa shape index (κ2) is 3.31. The van der Waals surface area contributed by atoms with Crippen LogP contribution in [0.3, 0.4) is 0 Å². The van der Waals surface area contributed by atoms with Crippen molar-refractivity contribution in [3.63, 3.8) is 0 Å².